The zero-order valence-electron chi connectivity index (χ0n) is 18.4. The van der Waals surface area contributed by atoms with Crippen molar-refractivity contribution < 1.29 is 28.4 Å². The molecule has 6 heteroatoms. The molecule has 6 aliphatic carbocycles. The molecule has 6 saturated carbocycles. The molecule has 0 bridgehead atoms. The summed E-state index contributed by atoms with van der Waals surface area (Å²) < 4.78 is 38.6. The van der Waals surface area contributed by atoms with Gasteiger partial charge in [-0.25, -0.2) is 0 Å². The average Bonchev–Trinajstić information content (AvgIpc) is 3.52. The number of hydrogen-bond acceptors (Lipinski definition) is 6. The van der Waals surface area contributed by atoms with E-state index in [1.165, 1.54) is 12.8 Å². The minimum Gasteiger partial charge on any atom is -0.366 e. The van der Waals surface area contributed by atoms with Crippen molar-refractivity contribution in [2.75, 3.05) is 28.4 Å². The van der Waals surface area contributed by atoms with Gasteiger partial charge in [0.25, 0.3) is 0 Å². The molecule has 2 heterocycles. The van der Waals surface area contributed by atoms with E-state index >= 15 is 0 Å². The highest BCUT2D eigenvalue weighted by molar-refractivity contribution is 5.37. The Balaban J connectivity index is 1.39. The second kappa shape index (κ2) is 5.45. The zero-order valence-corrected chi connectivity index (χ0v) is 18.4. The Kier molecular flexibility index (Phi) is 3.31. The molecule has 14 unspecified atom stereocenters. The largest absolute Gasteiger partial charge is 0.366 e. The smallest absolute Gasteiger partial charge is 0.186 e. The highest BCUT2D eigenvalue weighted by Crippen LogP contribution is 2.87. The van der Waals surface area contributed by atoms with Crippen molar-refractivity contribution in [1.82, 2.24) is 0 Å². The molecule has 0 spiro atoms. The molecular weight excluding hydrogens is 384 g/mol. The Morgan fingerprint density at radius 3 is 1.33 bits per heavy atom. The third-order valence-corrected chi connectivity index (χ3v) is 11.7. The molecule has 30 heavy (non-hydrogen) atoms. The minimum atomic E-state index is -0.271. The Bertz CT molecular complexity index is 718. The van der Waals surface area contributed by atoms with Crippen LogP contribution in [0.3, 0.4) is 0 Å². The Morgan fingerprint density at radius 2 is 0.967 bits per heavy atom. The van der Waals surface area contributed by atoms with E-state index in [9.17, 15) is 0 Å². The number of rotatable bonds is 6. The molecule has 2 aliphatic heterocycles. The van der Waals surface area contributed by atoms with Crippen molar-refractivity contribution >= 4 is 0 Å². The summed E-state index contributed by atoms with van der Waals surface area (Å²) in [5, 5.41) is 0. The van der Waals surface area contributed by atoms with Crippen LogP contribution in [0.4, 0.5) is 0 Å². The molecule has 166 valence electrons. The summed E-state index contributed by atoms with van der Waals surface area (Å²) in [6.45, 7) is 0. The molecule has 6 nitrogen and oxygen atoms in total. The lowest BCUT2D eigenvalue weighted by molar-refractivity contribution is -0.270. The van der Waals surface area contributed by atoms with E-state index < -0.39 is 0 Å². The molecule has 0 amide bonds. The van der Waals surface area contributed by atoms with Gasteiger partial charge in [-0.1, -0.05) is 0 Å². The fraction of sp³-hybridized carbons (Fsp3) is 1.00. The lowest BCUT2D eigenvalue weighted by Crippen LogP contribution is -2.56. The van der Waals surface area contributed by atoms with Crippen LogP contribution in [0.1, 0.15) is 25.7 Å². The van der Waals surface area contributed by atoms with Crippen LogP contribution in [0, 0.1) is 59.2 Å². The predicted octanol–water partition coefficient (Wildman–Crippen LogP) is 2.30. The van der Waals surface area contributed by atoms with E-state index in [2.05, 4.69) is 0 Å². The molecule has 8 rings (SSSR count). The molecule has 14 atom stereocenters. The average molecular weight is 419 g/mol. The summed E-state index contributed by atoms with van der Waals surface area (Å²) in [4.78, 5) is 0. The second-order valence-corrected chi connectivity index (χ2v) is 11.5. The van der Waals surface area contributed by atoms with Crippen molar-refractivity contribution in [1.29, 1.82) is 0 Å². The first kappa shape index (κ1) is 18.2. The maximum absolute atomic E-state index is 7.18. The van der Waals surface area contributed by atoms with Crippen LogP contribution in [0.2, 0.25) is 0 Å². The number of ether oxygens (including phenoxy) is 6. The quantitative estimate of drug-likeness (QED) is 0.617. The van der Waals surface area contributed by atoms with E-state index in [1.807, 2.05) is 28.4 Å². The third-order valence-electron chi connectivity index (χ3n) is 11.7. The van der Waals surface area contributed by atoms with Gasteiger partial charge in [-0.05, 0) is 73.0 Å². The van der Waals surface area contributed by atoms with Gasteiger partial charge in [-0.2, -0.15) is 0 Å². The van der Waals surface area contributed by atoms with E-state index in [-0.39, 0.29) is 23.8 Å². The Labute approximate surface area is 178 Å². The van der Waals surface area contributed by atoms with Crippen molar-refractivity contribution in [2.45, 2.75) is 61.7 Å². The van der Waals surface area contributed by atoms with Gasteiger partial charge in [0.05, 0.1) is 12.2 Å². The van der Waals surface area contributed by atoms with Gasteiger partial charge in [0.15, 0.2) is 12.6 Å². The van der Waals surface area contributed by atoms with Gasteiger partial charge in [0.1, 0.15) is 11.2 Å². The molecule has 0 aromatic rings. The number of hydrogen-bond donors (Lipinski definition) is 0. The molecular formula is C24H34O6. The van der Waals surface area contributed by atoms with Crippen molar-refractivity contribution in [3.05, 3.63) is 0 Å². The highest BCUT2D eigenvalue weighted by Gasteiger charge is 2.92. The molecule has 2 saturated heterocycles. The zero-order chi connectivity index (χ0) is 20.2. The molecule has 0 aromatic heterocycles. The topological polar surface area (TPSA) is 55.4 Å². The first-order valence-electron chi connectivity index (χ1n) is 12.2. The number of methoxy groups -OCH3 is 4. The van der Waals surface area contributed by atoms with Crippen LogP contribution in [-0.4, -0.2) is 64.4 Å². The third kappa shape index (κ3) is 1.48. The summed E-state index contributed by atoms with van der Waals surface area (Å²) in [7, 11) is 7.24. The van der Waals surface area contributed by atoms with E-state index in [1.54, 1.807) is 0 Å². The maximum Gasteiger partial charge on any atom is 0.186 e. The van der Waals surface area contributed by atoms with Gasteiger partial charge >= 0.3 is 0 Å². The summed E-state index contributed by atoms with van der Waals surface area (Å²) >= 11 is 0. The standard InChI is InChI=1S/C24H34O6/c1-25-21(26-2)23-17-9-5-8-12-14(9)20-15(17)16-18(24(20,30-12)22(27-3)28-4)10-6-7-11(29-23)13(10)19(16)23/h9-22H,5-8H2,1-4H3. The first-order valence-corrected chi connectivity index (χ1v) is 12.2. The molecule has 0 radical (unpaired) electrons. The van der Waals surface area contributed by atoms with E-state index in [0.29, 0.717) is 71.4 Å². The Hall–Kier alpha value is -0.240. The van der Waals surface area contributed by atoms with Crippen LogP contribution >= 0.6 is 0 Å². The summed E-state index contributed by atoms with van der Waals surface area (Å²) in [6.07, 6.45) is 5.01. The lowest BCUT2D eigenvalue weighted by Gasteiger charge is -2.44. The summed E-state index contributed by atoms with van der Waals surface area (Å²) in [6, 6.07) is 0. The van der Waals surface area contributed by atoms with Crippen LogP contribution < -0.4 is 0 Å². The van der Waals surface area contributed by atoms with Crippen LogP contribution in [0.15, 0.2) is 0 Å². The monoisotopic (exact) mass is 418 g/mol. The van der Waals surface area contributed by atoms with Gasteiger partial charge in [0.2, 0.25) is 0 Å². The van der Waals surface area contributed by atoms with Gasteiger partial charge in [-0.15, -0.1) is 0 Å². The molecule has 8 fully saturated rings. The fourth-order valence-corrected chi connectivity index (χ4v) is 12.1. The summed E-state index contributed by atoms with van der Waals surface area (Å²) in [5.74, 6) is 5.90. The van der Waals surface area contributed by atoms with Crippen LogP contribution in [0.5, 0.6) is 0 Å². The normalized spacial score (nSPS) is 64.6. The highest BCUT2D eigenvalue weighted by atomic mass is 16.7. The molecule has 0 N–H and O–H groups in total. The second-order valence-electron chi connectivity index (χ2n) is 11.5. The van der Waals surface area contributed by atoms with Crippen molar-refractivity contribution in [3.63, 3.8) is 0 Å². The van der Waals surface area contributed by atoms with E-state index in [4.69, 9.17) is 28.4 Å². The van der Waals surface area contributed by atoms with Crippen LogP contribution in [0.25, 0.3) is 0 Å². The SMILES string of the molecule is COC(OC)C12OC3CCC4C3C1C1C3C2C2CCC5OC(C(OC)OC)(C41)C3C52. The number of fused-ring (bicyclic) bond motifs is 4. The van der Waals surface area contributed by atoms with Crippen molar-refractivity contribution in [2.24, 2.45) is 59.2 Å². The molecule has 8 aliphatic rings. The van der Waals surface area contributed by atoms with Gasteiger partial charge in [-0.3, -0.25) is 0 Å². The lowest BCUT2D eigenvalue weighted by atomic mass is 9.71. The first-order chi connectivity index (χ1) is 14.7. The fourth-order valence-electron chi connectivity index (χ4n) is 12.1. The van der Waals surface area contributed by atoms with Crippen LogP contribution in [-0.2, 0) is 28.4 Å². The van der Waals surface area contributed by atoms with Crippen molar-refractivity contribution in [3.8, 4) is 0 Å². The summed E-state index contributed by atoms with van der Waals surface area (Å²) in [5.41, 5.74) is -0.541. The predicted molar refractivity (Wildman–Crippen MR) is 104 cm³/mol. The maximum atomic E-state index is 7.18. The van der Waals surface area contributed by atoms with Gasteiger partial charge < -0.3 is 28.4 Å². The van der Waals surface area contributed by atoms with E-state index in [0.717, 1.165) is 12.8 Å². The minimum absolute atomic E-state index is 0.267. The van der Waals surface area contributed by atoms with Gasteiger partial charge in [0, 0.05) is 40.3 Å². The Morgan fingerprint density at radius 1 is 0.567 bits per heavy atom. The molecule has 0 aromatic carbocycles.